The first-order valence-electron chi connectivity index (χ1n) is 13.3. The molecular weight excluding hydrogens is 522 g/mol. The average molecular weight is 560 g/mol. The van der Waals surface area contributed by atoms with Crippen LogP contribution in [0.5, 0.6) is 5.75 Å². The summed E-state index contributed by atoms with van der Waals surface area (Å²) in [5, 5.41) is 17.5. The molecule has 8 nitrogen and oxygen atoms in total. The van der Waals surface area contributed by atoms with E-state index >= 15 is 0 Å². The molecule has 0 bridgehead atoms. The highest BCUT2D eigenvalue weighted by molar-refractivity contribution is 7.90. The number of nitrogens with zero attached hydrogens (tertiary/aromatic N) is 3. The van der Waals surface area contributed by atoms with E-state index in [0.717, 1.165) is 41.4 Å². The molecule has 9 heteroatoms. The predicted octanol–water partition coefficient (Wildman–Crippen LogP) is 4.88. The molecule has 1 heterocycles. The Labute approximate surface area is 237 Å². The second kappa shape index (κ2) is 12.5. The predicted molar refractivity (Wildman–Crippen MR) is 162 cm³/mol. The van der Waals surface area contributed by atoms with Crippen molar-refractivity contribution in [2.24, 2.45) is 0 Å². The molecule has 0 unspecified atom stereocenters. The number of nitrogens with one attached hydrogen (secondary N) is 2. The lowest BCUT2D eigenvalue weighted by atomic mass is 9.90. The quantitative estimate of drug-likeness (QED) is 0.285. The summed E-state index contributed by atoms with van der Waals surface area (Å²) in [7, 11) is 2.47. The molecule has 0 saturated heterocycles. The molecule has 1 aromatic heterocycles. The minimum Gasteiger partial charge on any atom is -0.495 e. The molecule has 3 aromatic rings. The summed E-state index contributed by atoms with van der Waals surface area (Å²) in [6.45, 7) is 4.57. The lowest BCUT2D eigenvalue weighted by Gasteiger charge is -2.33. The van der Waals surface area contributed by atoms with Crippen molar-refractivity contribution in [3.8, 4) is 23.7 Å². The number of aromatic nitrogens is 1. The van der Waals surface area contributed by atoms with Gasteiger partial charge >= 0.3 is 0 Å². The van der Waals surface area contributed by atoms with E-state index in [4.69, 9.17) is 4.74 Å². The molecule has 40 heavy (non-hydrogen) atoms. The standard InChI is InChI=1S/C31H37N5O3S/c1-22(20-32)21-36-25(8-7-17-33-29-16-15-26(40(5,37)38)19-31(29)39-4)18-27-28(9-6-10-30(27)36)34-23-11-13-24(14-12-23)35(2)3/h6,9-10,15-16,18-19,23-24,33-34H,1,11-14,17,21H2,2-5H3/t23-,24-. The number of methoxy groups -OCH3 is 1. The molecule has 210 valence electrons. The van der Waals surface area contributed by atoms with Crippen LogP contribution in [0.3, 0.4) is 0 Å². The normalized spacial score (nSPS) is 17.1. The van der Waals surface area contributed by atoms with Crippen molar-refractivity contribution < 1.29 is 13.2 Å². The topological polar surface area (TPSA) is 99.4 Å². The average Bonchev–Trinajstić information content (AvgIpc) is 3.28. The third kappa shape index (κ3) is 6.80. The number of fused-ring (bicyclic) bond motifs is 1. The van der Waals surface area contributed by atoms with Crippen LogP contribution >= 0.6 is 0 Å². The first-order chi connectivity index (χ1) is 19.1. The van der Waals surface area contributed by atoms with Gasteiger partial charge in [-0.05, 0) is 76.0 Å². The third-order valence-electron chi connectivity index (χ3n) is 7.42. The van der Waals surface area contributed by atoms with Gasteiger partial charge < -0.3 is 24.8 Å². The number of anilines is 2. The Morgan fingerprint density at radius 3 is 2.55 bits per heavy atom. The van der Waals surface area contributed by atoms with Crippen LogP contribution in [0.4, 0.5) is 11.4 Å². The number of benzene rings is 2. The van der Waals surface area contributed by atoms with Gasteiger partial charge in [0.25, 0.3) is 0 Å². The first-order valence-corrected chi connectivity index (χ1v) is 15.2. The van der Waals surface area contributed by atoms with E-state index in [9.17, 15) is 13.7 Å². The van der Waals surface area contributed by atoms with Crippen LogP contribution in [0.2, 0.25) is 0 Å². The molecule has 1 fully saturated rings. The Balaban J connectivity index is 1.57. The van der Waals surface area contributed by atoms with Gasteiger partial charge in [-0.1, -0.05) is 18.6 Å². The van der Waals surface area contributed by atoms with E-state index in [2.05, 4.69) is 66.3 Å². The maximum absolute atomic E-state index is 11.9. The molecule has 0 amide bonds. The fraction of sp³-hybridized carbons (Fsp3) is 0.387. The molecular formula is C31H37N5O3S. The largest absolute Gasteiger partial charge is 0.495 e. The van der Waals surface area contributed by atoms with Crippen molar-refractivity contribution in [2.45, 2.75) is 49.2 Å². The van der Waals surface area contributed by atoms with Gasteiger partial charge in [0, 0.05) is 41.1 Å². The van der Waals surface area contributed by atoms with Crippen LogP contribution in [0.25, 0.3) is 10.9 Å². The zero-order chi connectivity index (χ0) is 28.9. The van der Waals surface area contributed by atoms with E-state index in [-0.39, 0.29) is 4.90 Å². The highest BCUT2D eigenvalue weighted by Crippen LogP contribution is 2.31. The maximum Gasteiger partial charge on any atom is 0.175 e. The van der Waals surface area contributed by atoms with Gasteiger partial charge in [-0.15, -0.1) is 0 Å². The summed E-state index contributed by atoms with van der Waals surface area (Å²) in [6, 6.07) is 16.2. The SMILES string of the molecule is C=C(C#N)Cn1c(C#CCNc2ccc(S(C)(=O)=O)cc2OC)cc2c(N[C@H]3CC[C@H](N(C)C)CC3)cccc21. The van der Waals surface area contributed by atoms with Crippen LogP contribution in [-0.2, 0) is 16.4 Å². The van der Waals surface area contributed by atoms with Gasteiger partial charge in [0.15, 0.2) is 9.84 Å². The number of hydrogen-bond donors (Lipinski definition) is 2. The Bertz CT molecular complexity index is 1600. The fourth-order valence-electron chi connectivity index (χ4n) is 5.19. The number of ether oxygens (including phenoxy) is 1. The third-order valence-corrected chi connectivity index (χ3v) is 8.53. The van der Waals surface area contributed by atoms with E-state index in [0.29, 0.717) is 42.2 Å². The Morgan fingerprint density at radius 1 is 1.15 bits per heavy atom. The summed E-state index contributed by atoms with van der Waals surface area (Å²) in [4.78, 5) is 2.51. The van der Waals surface area contributed by atoms with Crippen LogP contribution in [-0.4, -0.2) is 64.0 Å². The summed E-state index contributed by atoms with van der Waals surface area (Å²) in [5.74, 6) is 6.85. The van der Waals surface area contributed by atoms with Crippen LogP contribution in [0.1, 0.15) is 31.4 Å². The molecule has 0 radical (unpaired) electrons. The molecule has 0 aliphatic heterocycles. The van der Waals surface area contributed by atoms with Gasteiger partial charge in [-0.3, -0.25) is 0 Å². The lowest BCUT2D eigenvalue weighted by Crippen LogP contribution is -2.36. The van der Waals surface area contributed by atoms with Crippen molar-refractivity contribution in [1.82, 2.24) is 9.47 Å². The van der Waals surface area contributed by atoms with E-state index in [1.165, 1.54) is 26.0 Å². The number of sulfone groups is 1. The van der Waals surface area contributed by atoms with E-state index in [1.807, 2.05) is 16.7 Å². The van der Waals surface area contributed by atoms with Crippen LogP contribution < -0.4 is 15.4 Å². The monoisotopic (exact) mass is 559 g/mol. The van der Waals surface area contributed by atoms with Gasteiger partial charge in [0.1, 0.15) is 5.75 Å². The van der Waals surface area contributed by atoms with Crippen LogP contribution in [0, 0.1) is 23.2 Å². The second-order valence-corrected chi connectivity index (χ2v) is 12.5. The summed E-state index contributed by atoms with van der Waals surface area (Å²) >= 11 is 0. The zero-order valence-corrected chi connectivity index (χ0v) is 24.4. The lowest BCUT2D eigenvalue weighted by molar-refractivity contribution is 0.221. The molecule has 2 aromatic carbocycles. The first kappa shape index (κ1) is 29.1. The summed E-state index contributed by atoms with van der Waals surface area (Å²) in [5.41, 5.74) is 3.97. The molecule has 1 saturated carbocycles. The van der Waals surface area contributed by atoms with Crippen molar-refractivity contribution in [3.05, 3.63) is 60.3 Å². The molecule has 2 N–H and O–H groups in total. The Kier molecular flexibility index (Phi) is 9.09. The van der Waals surface area contributed by atoms with Crippen molar-refractivity contribution >= 4 is 32.1 Å². The highest BCUT2D eigenvalue weighted by Gasteiger charge is 2.23. The van der Waals surface area contributed by atoms with Gasteiger partial charge in [-0.2, -0.15) is 5.26 Å². The number of hydrogen-bond acceptors (Lipinski definition) is 7. The fourth-order valence-corrected chi connectivity index (χ4v) is 5.83. The maximum atomic E-state index is 11.9. The smallest absolute Gasteiger partial charge is 0.175 e. The number of nitriles is 1. The molecule has 0 spiro atoms. The van der Waals surface area contributed by atoms with Gasteiger partial charge in [-0.25, -0.2) is 8.42 Å². The van der Waals surface area contributed by atoms with Crippen LogP contribution in [0.15, 0.2) is 59.5 Å². The summed E-state index contributed by atoms with van der Waals surface area (Å²) in [6.07, 6.45) is 5.76. The molecule has 1 aliphatic rings. The highest BCUT2D eigenvalue weighted by atomic mass is 32.2. The Morgan fingerprint density at radius 2 is 1.90 bits per heavy atom. The van der Waals surface area contributed by atoms with Crippen molar-refractivity contribution in [1.29, 1.82) is 5.26 Å². The van der Waals surface area contributed by atoms with Crippen molar-refractivity contribution in [2.75, 3.05) is 44.6 Å². The van der Waals surface area contributed by atoms with Gasteiger partial charge in [0.2, 0.25) is 0 Å². The summed E-state index contributed by atoms with van der Waals surface area (Å²) < 4.78 is 31.2. The Hall–Kier alpha value is -3.92. The van der Waals surface area contributed by atoms with Crippen molar-refractivity contribution in [3.63, 3.8) is 0 Å². The van der Waals surface area contributed by atoms with E-state index < -0.39 is 9.84 Å². The number of rotatable bonds is 9. The molecule has 4 rings (SSSR count). The number of allylic oxidation sites excluding steroid dienone is 1. The second-order valence-electron chi connectivity index (χ2n) is 10.5. The minimum atomic E-state index is -3.34. The minimum absolute atomic E-state index is 0.193. The zero-order valence-electron chi connectivity index (χ0n) is 23.6. The molecule has 0 atom stereocenters. The van der Waals surface area contributed by atoms with E-state index in [1.54, 1.807) is 12.1 Å². The van der Waals surface area contributed by atoms with Gasteiger partial charge in [0.05, 0.1) is 48.1 Å². The molecule has 1 aliphatic carbocycles.